The molecule has 2 aromatic heterocycles. The van der Waals surface area contributed by atoms with E-state index in [2.05, 4.69) is 11.1 Å². The zero-order valence-electron chi connectivity index (χ0n) is 16.8. The van der Waals surface area contributed by atoms with Crippen LogP contribution in [-0.4, -0.2) is 15.9 Å². The third-order valence-electron chi connectivity index (χ3n) is 5.72. The number of aromatic nitrogens is 2. The van der Waals surface area contributed by atoms with Gasteiger partial charge in [0.2, 0.25) is 5.89 Å². The maximum Gasteiger partial charge on any atom is 0.310 e. The van der Waals surface area contributed by atoms with Gasteiger partial charge in [0.05, 0.1) is 27.3 Å². The molecule has 2 heterocycles. The van der Waals surface area contributed by atoms with Gasteiger partial charge in [0.25, 0.3) is 0 Å². The molecule has 5 rings (SSSR count). The Kier molecular flexibility index (Phi) is 5.51. The molecule has 0 radical (unpaired) electrons. The van der Waals surface area contributed by atoms with Crippen molar-refractivity contribution in [3.63, 3.8) is 0 Å². The summed E-state index contributed by atoms with van der Waals surface area (Å²) in [6.07, 6.45) is 5.39. The summed E-state index contributed by atoms with van der Waals surface area (Å²) in [5.74, 6) is 0.160. The summed E-state index contributed by atoms with van der Waals surface area (Å²) < 4.78 is 25.5. The number of ether oxygens (including phenoxy) is 1. The molecule has 2 atom stereocenters. The van der Waals surface area contributed by atoms with E-state index < -0.39 is 0 Å². The number of para-hydroxylation sites is 1. The standard InChI is InChI=1S/C24H21FN2O3S/c25-16-11-9-15(10-12-16)20-13-26-22(30-20)14-29-24(28)18-6-2-1-5-17(18)23-27-19-7-3-4-8-21(19)31-23/h3-4,7-13,17-18H,1-2,5-6,14H2/t17-,18-/m1/s1. The van der Waals surface area contributed by atoms with Gasteiger partial charge in [0, 0.05) is 11.5 Å². The first-order chi connectivity index (χ1) is 15.2. The Hall–Kier alpha value is -3.06. The predicted octanol–water partition coefficient (Wildman–Crippen LogP) is 6.11. The average molecular weight is 437 g/mol. The fourth-order valence-corrected chi connectivity index (χ4v) is 5.29. The van der Waals surface area contributed by atoms with Crippen molar-refractivity contribution >= 4 is 27.5 Å². The molecule has 158 valence electrons. The number of oxazole rings is 1. The second-order valence-electron chi connectivity index (χ2n) is 7.75. The third-order valence-corrected chi connectivity index (χ3v) is 6.88. The van der Waals surface area contributed by atoms with Crippen molar-refractivity contribution in [1.82, 2.24) is 9.97 Å². The van der Waals surface area contributed by atoms with Gasteiger partial charge in [-0.15, -0.1) is 11.3 Å². The molecule has 1 aliphatic rings. The van der Waals surface area contributed by atoms with Crippen molar-refractivity contribution in [2.75, 3.05) is 0 Å². The molecule has 0 amide bonds. The van der Waals surface area contributed by atoms with Gasteiger partial charge < -0.3 is 9.15 Å². The summed E-state index contributed by atoms with van der Waals surface area (Å²) in [4.78, 5) is 21.9. The molecule has 0 unspecified atom stereocenters. The predicted molar refractivity (Wildman–Crippen MR) is 116 cm³/mol. The van der Waals surface area contributed by atoms with Gasteiger partial charge in [-0.2, -0.15) is 0 Å². The van der Waals surface area contributed by atoms with Crippen LogP contribution < -0.4 is 0 Å². The molecule has 7 heteroatoms. The second kappa shape index (κ2) is 8.59. The van der Waals surface area contributed by atoms with Crippen LogP contribution in [0.15, 0.2) is 59.1 Å². The van der Waals surface area contributed by atoms with Gasteiger partial charge in [-0.05, 0) is 49.2 Å². The summed E-state index contributed by atoms with van der Waals surface area (Å²) in [5.41, 5.74) is 1.70. The van der Waals surface area contributed by atoms with Gasteiger partial charge >= 0.3 is 5.97 Å². The SMILES string of the molecule is O=C(OCc1ncc(-c2ccc(F)cc2)o1)[C@@H]1CCCC[C@H]1c1nc2ccccc2s1. The molecule has 5 nitrogen and oxygen atoms in total. The highest BCUT2D eigenvalue weighted by Crippen LogP contribution is 2.41. The number of rotatable bonds is 5. The first-order valence-corrected chi connectivity index (χ1v) is 11.2. The van der Waals surface area contributed by atoms with E-state index in [9.17, 15) is 9.18 Å². The highest BCUT2D eigenvalue weighted by atomic mass is 32.1. The van der Waals surface area contributed by atoms with E-state index in [1.807, 2.05) is 18.2 Å². The van der Waals surface area contributed by atoms with Crippen molar-refractivity contribution in [3.8, 4) is 11.3 Å². The van der Waals surface area contributed by atoms with Crippen LogP contribution in [0.5, 0.6) is 0 Å². The van der Waals surface area contributed by atoms with E-state index in [4.69, 9.17) is 14.1 Å². The minimum Gasteiger partial charge on any atom is -0.455 e. The van der Waals surface area contributed by atoms with Crippen LogP contribution in [0.3, 0.4) is 0 Å². The number of fused-ring (bicyclic) bond motifs is 1. The fraction of sp³-hybridized carbons (Fsp3) is 0.292. The Morgan fingerprint density at radius 2 is 1.94 bits per heavy atom. The molecule has 31 heavy (non-hydrogen) atoms. The molecule has 1 saturated carbocycles. The molecule has 1 fully saturated rings. The number of carbonyl (C=O) groups excluding carboxylic acids is 1. The highest BCUT2D eigenvalue weighted by molar-refractivity contribution is 7.18. The molecule has 0 bridgehead atoms. The maximum atomic E-state index is 13.1. The van der Waals surface area contributed by atoms with Gasteiger partial charge in [0.1, 0.15) is 5.82 Å². The van der Waals surface area contributed by atoms with Gasteiger partial charge in [-0.25, -0.2) is 14.4 Å². The summed E-state index contributed by atoms with van der Waals surface area (Å²) in [5, 5.41) is 1.01. The Labute approximate surface area is 182 Å². The molecule has 0 N–H and O–H groups in total. The van der Waals surface area contributed by atoms with Crippen LogP contribution in [-0.2, 0) is 16.1 Å². The second-order valence-corrected chi connectivity index (χ2v) is 8.81. The van der Waals surface area contributed by atoms with Crippen LogP contribution in [0.4, 0.5) is 4.39 Å². The van der Waals surface area contributed by atoms with E-state index in [0.717, 1.165) is 46.5 Å². The normalized spacial score (nSPS) is 18.9. The Morgan fingerprint density at radius 3 is 2.77 bits per heavy atom. The lowest BCUT2D eigenvalue weighted by molar-refractivity contribution is -0.152. The van der Waals surface area contributed by atoms with E-state index in [-0.39, 0.29) is 30.2 Å². The third kappa shape index (κ3) is 4.23. The quantitative estimate of drug-likeness (QED) is 0.353. The molecule has 0 saturated heterocycles. The first kappa shape index (κ1) is 19.9. The molecule has 4 aromatic rings. The minimum absolute atomic E-state index is 0.0247. The topological polar surface area (TPSA) is 65.2 Å². The van der Waals surface area contributed by atoms with Crippen molar-refractivity contribution in [1.29, 1.82) is 0 Å². The number of hydrogen-bond donors (Lipinski definition) is 0. The van der Waals surface area contributed by atoms with Gasteiger partial charge in [0.15, 0.2) is 12.4 Å². The van der Waals surface area contributed by atoms with Crippen LogP contribution in [0.1, 0.15) is 42.5 Å². The minimum atomic E-state index is -0.312. The summed E-state index contributed by atoms with van der Waals surface area (Å²) in [6, 6.07) is 14.0. The lowest BCUT2D eigenvalue weighted by Crippen LogP contribution is -2.27. The molecule has 2 aromatic carbocycles. The number of nitrogens with zero attached hydrogens (tertiary/aromatic N) is 2. The monoisotopic (exact) mass is 436 g/mol. The first-order valence-electron chi connectivity index (χ1n) is 10.4. The van der Waals surface area contributed by atoms with E-state index in [1.54, 1.807) is 29.7 Å². The van der Waals surface area contributed by atoms with Crippen LogP contribution in [0.25, 0.3) is 21.5 Å². The van der Waals surface area contributed by atoms with Crippen molar-refractivity contribution in [2.24, 2.45) is 5.92 Å². The largest absolute Gasteiger partial charge is 0.455 e. The lowest BCUT2D eigenvalue weighted by Gasteiger charge is -2.28. The van der Waals surface area contributed by atoms with Crippen molar-refractivity contribution in [3.05, 3.63) is 71.4 Å². The number of thiazole rings is 1. The fourth-order valence-electron chi connectivity index (χ4n) is 4.12. The lowest BCUT2D eigenvalue weighted by atomic mass is 9.79. The van der Waals surface area contributed by atoms with Crippen LogP contribution in [0, 0.1) is 11.7 Å². The summed E-state index contributed by atoms with van der Waals surface area (Å²) in [6.45, 7) is -0.0247. The number of benzene rings is 2. The van der Waals surface area contributed by atoms with E-state index in [1.165, 1.54) is 12.1 Å². The molecular weight excluding hydrogens is 415 g/mol. The Morgan fingerprint density at radius 1 is 1.13 bits per heavy atom. The highest BCUT2D eigenvalue weighted by Gasteiger charge is 2.35. The summed E-state index contributed by atoms with van der Waals surface area (Å²) in [7, 11) is 0. The maximum absolute atomic E-state index is 13.1. The Balaban J connectivity index is 1.27. The number of esters is 1. The van der Waals surface area contributed by atoms with E-state index in [0.29, 0.717) is 11.7 Å². The van der Waals surface area contributed by atoms with Crippen molar-refractivity contribution in [2.45, 2.75) is 38.2 Å². The zero-order valence-corrected chi connectivity index (χ0v) is 17.6. The number of hydrogen-bond acceptors (Lipinski definition) is 6. The zero-order chi connectivity index (χ0) is 21.2. The molecular formula is C24H21FN2O3S. The average Bonchev–Trinajstić information content (AvgIpc) is 3.45. The van der Waals surface area contributed by atoms with Crippen LogP contribution >= 0.6 is 11.3 Å². The van der Waals surface area contributed by atoms with Gasteiger partial charge in [-0.3, -0.25) is 4.79 Å². The van der Waals surface area contributed by atoms with Gasteiger partial charge in [-0.1, -0.05) is 25.0 Å². The smallest absolute Gasteiger partial charge is 0.310 e. The number of carbonyl (C=O) groups is 1. The van der Waals surface area contributed by atoms with Crippen LogP contribution in [0.2, 0.25) is 0 Å². The van der Waals surface area contributed by atoms with E-state index >= 15 is 0 Å². The molecule has 0 spiro atoms. The Bertz CT molecular complexity index is 1170. The number of halogens is 1. The molecule has 1 aliphatic carbocycles. The molecule has 0 aliphatic heterocycles. The summed E-state index contributed by atoms with van der Waals surface area (Å²) >= 11 is 1.66. The van der Waals surface area contributed by atoms with Crippen molar-refractivity contribution < 1.29 is 18.3 Å².